The maximum Gasteiger partial charge on any atom is 0.319 e. The van der Waals surface area contributed by atoms with Gasteiger partial charge in [0.05, 0.1) is 22.0 Å². The fraction of sp³-hybridized carbons (Fsp3) is 0.405. The first kappa shape index (κ1) is 31.3. The van der Waals surface area contributed by atoms with Gasteiger partial charge in [-0.25, -0.2) is 8.78 Å². The number of rotatable bonds is 6. The standard InChI is InChI=1S/C37H37F2N7O3/c1-3-25-29(39)8-7-22-14-24(47)15-26(31(22)25)27-16-30-32(28-19-44(2)43-33(27)28)35(45-11-4-6-21(9-13-45)34(40)48)42-36(41-30)49-20-37-10-5-12-46(37)18-23(38)17-37/h1,7-8,14-16,19,21,23,47H,4-6,9-13,17-18,20H2,2H3,(H2,40,48)/t21?,23-,37+/m1/s1. The number of aromatic nitrogens is 4. The minimum atomic E-state index is -0.899. The number of amides is 1. The van der Waals surface area contributed by atoms with E-state index in [0.717, 1.165) is 36.6 Å². The molecule has 0 aliphatic carbocycles. The van der Waals surface area contributed by atoms with Crippen molar-refractivity contribution < 1.29 is 23.4 Å². The van der Waals surface area contributed by atoms with E-state index in [4.69, 9.17) is 32.0 Å². The zero-order chi connectivity index (χ0) is 34.0. The lowest BCUT2D eigenvalue weighted by molar-refractivity contribution is -0.122. The number of fused-ring (bicyclic) bond motifs is 5. The number of halogens is 2. The van der Waals surface area contributed by atoms with Crippen LogP contribution in [-0.4, -0.2) is 80.2 Å². The van der Waals surface area contributed by atoms with E-state index in [1.54, 1.807) is 22.9 Å². The zero-order valence-electron chi connectivity index (χ0n) is 27.3. The van der Waals surface area contributed by atoms with Gasteiger partial charge in [0.2, 0.25) is 5.91 Å². The number of hydrogen-bond acceptors (Lipinski definition) is 8. The molecule has 49 heavy (non-hydrogen) atoms. The SMILES string of the molecule is C#Cc1c(F)ccc2cc(O)cc(-c3cc4nc(OC[C@@]56CCCN5C[C@H](F)C6)nc(N5CCCC(C(N)=O)CC5)c4c4cn(C)nc34)c12. The number of phenols is 1. The first-order chi connectivity index (χ1) is 23.6. The lowest BCUT2D eigenvalue weighted by Crippen LogP contribution is -2.43. The van der Waals surface area contributed by atoms with E-state index in [1.807, 2.05) is 19.3 Å². The average Bonchev–Trinajstić information content (AvgIpc) is 3.66. The number of nitrogens with zero attached hydrogens (tertiary/aromatic N) is 6. The normalized spacial score (nSPS) is 22.9. The molecule has 0 saturated carbocycles. The summed E-state index contributed by atoms with van der Waals surface area (Å²) in [4.78, 5) is 26.4. The van der Waals surface area contributed by atoms with E-state index in [1.165, 1.54) is 6.07 Å². The Kier molecular flexibility index (Phi) is 7.55. The van der Waals surface area contributed by atoms with Gasteiger partial charge in [-0.15, -0.1) is 6.42 Å². The zero-order valence-corrected chi connectivity index (χ0v) is 27.3. The number of hydrogen-bond donors (Lipinski definition) is 2. The number of ether oxygens (including phenoxy) is 1. The summed E-state index contributed by atoms with van der Waals surface area (Å²) in [5, 5.41) is 18.2. The van der Waals surface area contributed by atoms with Crippen molar-refractivity contribution in [2.45, 2.75) is 50.2 Å². The number of carbonyl (C=O) groups is 1. The van der Waals surface area contributed by atoms with E-state index < -0.39 is 17.5 Å². The van der Waals surface area contributed by atoms with Crippen LogP contribution in [-0.2, 0) is 11.8 Å². The maximum atomic E-state index is 15.1. The highest BCUT2D eigenvalue weighted by molar-refractivity contribution is 6.18. The number of nitrogens with two attached hydrogens (primary N) is 1. The lowest BCUT2D eigenvalue weighted by Gasteiger charge is -2.31. The predicted octanol–water partition coefficient (Wildman–Crippen LogP) is 5.21. The molecule has 5 aromatic rings. The average molecular weight is 666 g/mol. The first-order valence-corrected chi connectivity index (χ1v) is 16.8. The predicted molar refractivity (Wildman–Crippen MR) is 184 cm³/mol. The van der Waals surface area contributed by atoms with E-state index in [2.05, 4.69) is 15.7 Å². The molecule has 3 atom stereocenters. The third kappa shape index (κ3) is 5.27. The van der Waals surface area contributed by atoms with Crippen LogP contribution in [0, 0.1) is 24.1 Å². The minimum Gasteiger partial charge on any atom is -0.508 e. The largest absolute Gasteiger partial charge is 0.508 e. The number of phenolic OH excluding ortho intramolecular Hbond substituents is 1. The smallest absolute Gasteiger partial charge is 0.319 e. The van der Waals surface area contributed by atoms with Crippen LogP contribution in [0.15, 0.2) is 36.5 Å². The number of alkyl halides is 1. The molecule has 3 N–H and O–H groups in total. The van der Waals surface area contributed by atoms with Crippen molar-refractivity contribution >= 4 is 44.3 Å². The van der Waals surface area contributed by atoms with Gasteiger partial charge in [-0.1, -0.05) is 12.0 Å². The summed E-state index contributed by atoms with van der Waals surface area (Å²) < 4.78 is 37.8. The Morgan fingerprint density at radius 3 is 2.82 bits per heavy atom. The van der Waals surface area contributed by atoms with Crippen molar-refractivity contribution in [1.82, 2.24) is 24.6 Å². The second-order valence-corrected chi connectivity index (χ2v) is 13.8. The topological polar surface area (TPSA) is 123 Å². The number of aryl methyl sites for hydroxylation is 1. The summed E-state index contributed by atoms with van der Waals surface area (Å²) in [5.41, 5.74) is 7.66. The lowest BCUT2D eigenvalue weighted by atomic mass is 9.92. The molecular weight excluding hydrogens is 628 g/mol. The highest BCUT2D eigenvalue weighted by Gasteiger charge is 2.49. The molecule has 3 aliphatic heterocycles. The van der Waals surface area contributed by atoms with Crippen molar-refractivity contribution in [3.8, 4) is 35.2 Å². The fourth-order valence-electron chi connectivity index (χ4n) is 8.40. The molecule has 0 radical (unpaired) electrons. The van der Waals surface area contributed by atoms with Gasteiger partial charge in [0.25, 0.3) is 0 Å². The number of benzene rings is 3. The first-order valence-electron chi connectivity index (χ1n) is 16.8. The summed E-state index contributed by atoms with van der Waals surface area (Å²) in [5.74, 6) is 2.06. The van der Waals surface area contributed by atoms with Crippen LogP contribution in [0.2, 0.25) is 0 Å². The Hall–Kier alpha value is -5.02. The van der Waals surface area contributed by atoms with Gasteiger partial charge in [0, 0.05) is 61.6 Å². The molecule has 3 saturated heterocycles. The molecule has 3 aliphatic rings. The Bertz CT molecular complexity index is 2200. The van der Waals surface area contributed by atoms with E-state index in [0.29, 0.717) is 77.6 Å². The van der Waals surface area contributed by atoms with Gasteiger partial charge in [-0.05, 0) is 73.9 Å². The van der Waals surface area contributed by atoms with Crippen molar-refractivity contribution in [3.05, 3.63) is 47.9 Å². The van der Waals surface area contributed by atoms with Crippen LogP contribution in [0.3, 0.4) is 0 Å². The van der Waals surface area contributed by atoms with Gasteiger partial charge in [0.1, 0.15) is 35.7 Å². The molecule has 0 spiro atoms. The highest BCUT2D eigenvalue weighted by atomic mass is 19.1. The Balaban J connectivity index is 1.34. The summed E-state index contributed by atoms with van der Waals surface area (Å²) in [6, 6.07) is 8.03. The fourth-order valence-corrected chi connectivity index (χ4v) is 8.40. The molecule has 5 heterocycles. The van der Waals surface area contributed by atoms with E-state index in [9.17, 15) is 14.3 Å². The van der Waals surface area contributed by atoms with Crippen molar-refractivity contribution in [2.24, 2.45) is 18.7 Å². The molecule has 8 rings (SSSR count). The number of aromatic hydroxyl groups is 1. The molecule has 1 amide bonds. The quantitative estimate of drug-likeness (QED) is 0.237. The van der Waals surface area contributed by atoms with Crippen LogP contribution in [0.1, 0.15) is 44.1 Å². The van der Waals surface area contributed by atoms with Crippen molar-refractivity contribution in [2.75, 3.05) is 37.7 Å². The van der Waals surface area contributed by atoms with Crippen LogP contribution < -0.4 is 15.4 Å². The molecule has 3 aromatic carbocycles. The van der Waals surface area contributed by atoms with E-state index >= 15 is 4.39 Å². The molecular formula is C37H37F2N7O3. The molecule has 12 heteroatoms. The monoisotopic (exact) mass is 665 g/mol. The summed E-state index contributed by atoms with van der Waals surface area (Å²) >= 11 is 0. The number of primary amides is 1. The third-order valence-electron chi connectivity index (χ3n) is 10.7. The van der Waals surface area contributed by atoms with Crippen molar-refractivity contribution in [3.63, 3.8) is 0 Å². The molecule has 2 aromatic heterocycles. The van der Waals surface area contributed by atoms with Gasteiger partial charge in [0.15, 0.2) is 0 Å². The summed E-state index contributed by atoms with van der Waals surface area (Å²) in [7, 11) is 1.82. The minimum absolute atomic E-state index is 0.00895. The maximum absolute atomic E-state index is 15.1. The van der Waals surface area contributed by atoms with Crippen LogP contribution >= 0.6 is 0 Å². The number of anilines is 1. The van der Waals surface area contributed by atoms with Crippen LogP contribution in [0.5, 0.6) is 11.8 Å². The second-order valence-electron chi connectivity index (χ2n) is 13.8. The molecule has 3 fully saturated rings. The Labute approximate surface area is 281 Å². The van der Waals surface area contributed by atoms with Gasteiger partial charge < -0.3 is 20.5 Å². The molecule has 0 bridgehead atoms. The highest BCUT2D eigenvalue weighted by Crippen LogP contribution is 2.44. The van der Waals surface area contributed by atoms with Gasteiger partial charge in [-0.2, -0.15) is 15.1 Å². The van der Waals surface area contributed by atoms with Crippen LogP contribution in [0.4, 0.5) is 14.6 Å². The van der Waals surface area contributed by atoms with Gasteiger partial charge >= 0.3 is 6.01 Å². The molecule has 10 nitrogen and oxygen atoms in total. The van der Waals surface area contributed by atoms with E-state index in [-0.39, 0.29) is 35.8 Å². The summed E-state index contributed by atoms with van der Waals surface area (Å²) in [6.45, 7) is 2.69. The Morgan fingerprint density at radius 2 is 2.00 bits per heavy atom. The molecule has 1 unspecified atom stereocenters. The Morgan fingerprint density at radius 1 is 1.14 bits per heavy atom. The van der Waals surface area contributed by atoms with Crippen molar-refractivity contribution in [1.29, 1.82) is 0 Å². The number of terminal acetylenes is 1. The summed E-state index contributed by atoms with van der Waals surface area (Å²) in [6.07, 6.45) is 11.1. The molecule has 252 valence electrons. The van der Waals surface area contributed by atoms with Gasteiger partial charge in [-0.3, -0.25) is 14.4 Å². The number of carbonyl (C=O) groups excluding carboxylic acids is 1. The van der Waals surface area contributed by atoms with Crippen LogP contribution in [0.25, 0.3) is 43.7 Å². The second kappa shape index (κ2) is 11.8. The third-order valence-corrected chi connectivity index (χ3v) is 10.7.